The van der Waals surface area contributed by atoms with Crippen molar-refractivity contribution in [1.29, 1.82) is 0 Å². The van der Waals surface area contributed by atoms with E-state index in [2.05, 4.69) is 4.98 Å². The van der Waals surface area contributed by atoms with E-state index < -0.39 is 11.7 Å². The van der Waals surface area contributed by atoms with Crippen LogP contribution in [0.1, 0.15) is 35.3 Å². The number of amides is 1. The Kier molecular flexibility index (Phi) is 3.48. The number of hydrogen-bond acceptors (Lipinski definition) is 4. The first-order chi connectivity index (χ1) is 9.62. The molecule has 1 amide bonds. The van der Waals surface area contributed by atoms with E-state index in [1.54, 1.807) is 23.2 Å². The third-order valence-electron chi connectivity index (χ3n) is 4.46. The van der Waals surface area contributed by atoms with E-state index in [4.69, 9.17) is 4.74 Å². The molecule has 20 heavy (non-hydrogen) atoms. The first kappa shape index (κ1) is 13.5. The van der Waals surface area contributed by atoms with Crippen LogP contribution in [0.4, 0.5) is 0 Å². The number of aliphatic hydroxyl groups is 1. The quantitative estimate of drug-likeness (QED) is 0.835. The van der Waals surface area contributed by atoms with Gasteiger partial charge in [0, 0.05) is 31.6 Å². The van der Waals surface area contributed by atoms with Crippen molar-refractivity contribution in [1.82, 2.24) is 9.88 Å². The molecule has 0 aliphatic carbocycles. The van der Waals surface area contributed by atoms with Gasteiger partial charge in [-0.15, -0.1) is 0 Å². The molecule has 3 rings (SSSR count). The molecule has 0 radical (unpaired) electrons. The number of pyridine rings is 1. The van der Waals surface area contributed by atoms with E-state index in [1.165, 1.54) is 0 Å². The summed E-state index contributed by atoms with van der Waals surface area (Å²) in [5, 5.41) is 10.4. The minimum absolute atomic E-state index is 0.0532. The summed E-state index contributed by atoms with van der Waals surface area (Å²) in [5.41, 5.74) is 0.924. The van der Waals surface area contributed by atoms with Gasteiger partial charge in [-0.25, -0.2) is 0 Å². The Morgan fingerprint density at radius 1 is 1.55 bits per heavy atom. The van der Waals surface area contributed by atoms with Gasteiger partial charge in [0.1, 0.15) is 6.10 Å². The van der Waals surface area contributed by atoms with Crippen LogP contribution in [0.25, 0.3) is 0 Å². The van der Waals surface area contributed by atoms with Gasteiger partial charge in [0.2, 0.25) is 0 Å². The van der Waals surface area contributed by atoms with Crippen LogP contribution in [-0.2, 0) is 4.74 Å². The fourth-order valence-electron chi connectivity index (χ4n) is 3.20. The lowest BCUT2D eigenvalue weighted by molar-refractivity contribution is -0.122. The maximum absolute atomic E-state index is 12.5. The molecule has 2 saturated heterocycles. The summed E-state index contributed by atoms with van der Waals surface area (Å²) in [6.07, 6.45) is 3.67. The Morgan fingerprint density at radius 2 is 2.40 bits per heavy atom. The van der Waals surface area contributed by atoms with Gasteiger partial charge >= 0.3 is 0 Å². The van der Waals surface area contributed by atoms with Crippen LogP contribution in [0.3, 0.4) is 0 Å². The van der Waals surface area contributed by atoms with Crippen LogP contribution >= 0.6 is 0 Å². The van der Waals surface area contributed by atoms with E-state index in [0.29, 0.717) is 31.7 Å². The number of ether oxygens (including phenoxy) is 1. The molecule has 1 spiro atoms. The van der Waals surface area contributed by atoms with E-state index in [9.17, 15) is 9.90 Å². The molecular formula is C15H20N2O3. The topological polar surface area (TPSA) is 62.7 Å². The number of carbonyl (C=O) groups excluding carboxylic acids is 1. The second kappa shape index (κ2) is 5.14. The Bertz CT molecular complexity index is 512. The highest BCUT2D eigenvalue weighted by Crippen LogP contribution is 2.36. The predicted molar refractivity (Wildman–Crippen MR) is 73.4 cm³/mol. The van der Waals surface area contributed by atoms with Gasteiger partial charge in [-0.1, -0.05) is 0 Å². The van der Waals surface area contributed by atoms with Gasteiger partial charge in [-0.2, -0.15) is 0 Å². The third-order valence-corrected chi connectivity index (χ3v) is 4.46. The van der Waals surface area contributed by atoms with Crippen LogP contribution < -0.4 is 0 Å². The molecule has 1 aromatic rings. The highest BCUT2D eigenvalue weighted by Gasteiger charge is 2.46. The van der Waals surface area contributed by atoms with Crippen molar-refractivity contribution in [3.05, 3.63) is 29.6 Å². The number of β-amino-alcohol motifs (C(OH)–C–C–N with tert-alkyl or cyclic N) is 1. The minimum Gasteiger partial charge on any atom is -0.388 e. The summed E-state index contributed by atoms with van der Waals surface area (Å²) < 4.78 is 5.75. The first-order valence-electron chi connectivity index (χ1n) is 7.15. The summed E-state index contributed by atoms with van der Waals surface area (Å²) >= 11 is 0. The highest BCUT2D eigenvalue weighted by molar-refractivity contribution is 5.95. The Labute approximate surface area is 118 Å². The molecule has 2 aliphatic heterocycles. The Hall–Kier alpha value is -1.46. The van der Waals surface area contributed by atoms with Crippen molar-refractivity contribution >= 4 is 5.91 Å². The molecule has 2 atom stereocenters. The molecule has 0 saturated carbocycles. The Morgan fingerprint density at radius 3 is 3.05 bits per heavy atom. The maximum atomic E-state index is 12.5. The molecule has 2 fully saturated rings. The average molecular weight is 276 g/mol. The molecule has 0 bridgehead atoms. The van der Waals surface area contributed by atoms with Crippen LogP contribution in [0.5, 0.6) is 0 Å². The standard InChI is InChI=1S/C15H20N2O3/c1-11-12(4-2-7-16-11)14(19)17-8-6-15(13(18)10-17)5-3-9-20-15/h2,4,7,13,18H,3,5-6,8-10H2,1H3/t13-,15-/m0/s1. The van der Waals surface area contributed by atoms with Crippen LogP contribution in [0.15, 0.2) is 18.3 Å². The number of hydrogen-bond donors (Lipinski definition) is 1. The largest absolute Gasteiger partial charge is 0.388 e. The second-order valence-corrected chi connectivity index (χ2v) is 5.67. The van der Waals surface area contributed by atoms with Gasteiger partial charge in [-0.05, 0) is 38.3 Å². The fraction of sp³-hybridized carbons (Fsp3) is 0.600. The van der Waals surface area contributed by atoms with Gasteiger partial charge in [0.25, 0.3) is 5.91 Å². The molecular weight excluding hydrogens is 256 g/mol. The number of aromatic nitrogens is 1. The van der Waals surface area contributed by atoms with Crippen molar-refractivity contribution < 1.29 is 14.6 Å². The second-order valence-electron chi connectivity index (χ2n) is 5.67. The molecule has 2 aliphatic rings. The van der Waals surface area contributed by atoms with Gasteiger partial charge in [0.15, 0.2) is 0 Å². The minimum atomic E-state index is -0.598. The SMILES string of the molecule is Cc1ncccc1C(=O)N1CC[C@@]2(CCCO2)[C@@H](O)C1. The number of aliphatic hydroxyl groups excluding tert-OH is 1. The van der Waals surface area contributed by atoms with Crippen molar-refractivity contribution in [2.45, 2.75) is 37.9 Å². The number of rotatable bonds is 1. The van der Waals surface area contributed by atoms with E-state index in [0.717, 1.165) is 18.5 Å². The normalized spacial score (nSPS) is 29.9. The third kappa shape index (κ3) is 2.21. The van der Waals surface area contributed by atoms with Crippen molar-refractivity contribution in [3.63, 3.8) is 0 Å². The van der Waals surface area contributed by atoms with E-state index >= 15 is 0 Å². The number of piperidine rings is 1. The van der Waals surface area contributed by atoms with E-state index in [-0.39, 0.29) is 5.91 Å². The number of likely N-dealkylation sites (tertiary alicyclic amines) is 1. The fourth-order valence-corrected chi connectivity index (χ4v) is 3.20. The van der Waals surface area contributed by atoms with Crippen molar-refractivity contribution in [2.24, 2.45) is 0 Å². The lowest BCUT2D eigenvalue weighted by Crippen LogP contribution is -2.56. The van der Waals surface area contributed by atoms with Crippen LogP contribution in [-0.4, -0.2) is 52.3 Å². The van der Waals surface area contributed by atoms with Crippen molar-refractivity contribution in [2.75, 3.05) is 19.7 Å². The van der Waals surface area contributed by atoms with Gasteiger partial charge in [-0.3, -0.25) is 9.78 Å². The van der Waals surface area contributed by atoms with Gasteiger partial charge in [0.05, 0.1) is 11.2 Å². The summed E-state index contributed by atoms with van der Waals surface area (Å²) in [6, 6.07) is 3.55. The summed E-state index contributed by atoms with van der Waals surface area (Å²) in [6.45, 7) is 3.51. The first-order valence-corrected chi connectivity index (χ1v) is 7.15. The number of aryl methyl sites for hydroxylation is 1. The van der Waals surface area contributed by atoms with Crippen LogP contribution in [0, 0.1) is 6.92 Å². The highest BCUT2D eigenvalue weighted by atomic mass is 16.5. The molecule has 1 aromatic heterocycles. The zero-order valence-corrected chi connectivity index (χ0v) is 11.7. The Balaban J connectivity index is 1.74. The van der Waals surface area contributed by atoms with Crippen molar-refractivity contribution in [3.8, 4) is 0 Å². The van der Waals surface area contributed by atoms with E-state index in [1.807, 2.05) is 6.92 Å². The molecule has 0 unspecified atom stereocenters. The lowest BCUT2D eigenvalue weighted by Gasteiger charge is -2.42. The zero-order chi connectivity index (χ0) is 14.2. The molecule has 5 heteroatoms. The smallest absolute Gasteiger partial charge is 0.255 e. The monoisotopic (exact) mass is 276 g/mol. The maximum Gasteiger partial charge on any atom is 0.255 e. The summed E-state index contributed by atoms with van der Waals surface area (Å²) in [4.78, 5) is 18.4. The van der Waals surface area contributed by atoms with Crippen LogP contribution in [0.2, 0.25) is 0 Å². The van der Waals surface area contributed by atoms with Gasteiger partial charge < -0.3 is 14.7 Å². The molecule has 3 heterocycles. The molecule has 108 valence electrons. The summed E-state index contributed by atoms with van der Waals surface area (Å²) in [7, 11) is 0. The lowest BCUT2D eigenvalue weighted by atomic mass is 9.86. The predicted octanol–water partition coefficient (Wildman–Crippen LogP) is 1.15. The summed E-state index contributed by atoms with van der Waals surface area (Å²) in [5.74, 6) is -0.0532. The average Bonchev–Trinajstić information content (AvgIpc) is 2.92. The zero-order valence-electron chi connectivity index (χ0n) is 11.7. The molecule has 1 N–H and O–H groups in total. The number of nitrogens with zero attached hydrogens (tertiary/aromatic N) is 2. The number of carbonyl (C=O) groups is 1. The molecule has 5 nitrogen and oxygen atoms in total. The molecule has 0 aromatic carbocycles.